The van der Waals surface area contributed by atoms with Crippen LogP contribution in [0, 0.1) is 21.4 Å². The second kappa shape index (κ2) is 8.26. The summed E-state index contributed by atoms with van der Waals surface area (Å²) in [4.78, 5) is 30.7. The molecule has 10 nitrogen and oxygen atoms in total. The Bertz CT molecular complexity index is 735. The molecule has 154 valence electrons. The van der Waals surface area contributed by atoms with Crippen molar-refractivity contribution in [2.45, 2.75) is 58.0 Å². The summed E-state index contributed by atoms with van der Waals surface area (Å²) in [5.74, 6) is 0.0104. The summed E-state index contributed by atoms with van der Waals surface area (Å²) < 4.78 is 5.43. The highest BCUT2D eigenvalue weighted by Crippen LogP contribution is 2.37. The molecule has 0 aromatic carbocycles. The number of carboxylic acids is 1. The first-order valence-electron chi connectivity index (χ1n) is 9.64. The van der Waals surface area contributed by atoms with Crippen LogP contribution < -0.4 is 10.6 Å². The number of nitro groups is 1. The van der Waals surface area contributed by atoms with Crippen LogP contribution in [-0.2, 0) is 9.53 Å². The predicted octanol–water partition coefficient (Wildman–Crippen LogP) is 2.67. The number of hydrogen-bond acceptors (Lipinski definition) is 8. The van der Waals surface area contributed by atoms with Crippen molar-refractivity contribution in [3.63, 3.8) is 0 Å². The largest absolute Gasteiger partial charge is 0.481 e. The van der Waals surface area contributed by atoms with Gasteiger partial charge >= 0.3 is 11.7 Å². The summed E-state index contributed by atoms with van der Waals surface area (Å²) in [7, 11) is 0. The lowest BCUT2D eigenvalue weighted by atomic mass is 9.74. The van der Waals surface area contributed by atoms with E-state index in [-0.39, 0.29) is 29.5 Å². The predicted molar refractivity (Wildman–Crippen MR) is 102 cm³/mol. The number of nitrogens with zero attached hydrogens (tertiary/aromatic N) is 3. The molecule has 1 saturated carbocycles. The Hall–Kier alpha value is -2.49. The third kappa shape index (κ3) is 4.49. The van der Waals surface area contributed by atoms with Crippen molar-refractivity contribution in [2.75, 3.05) is 23.8 Å². The first kappa shape index (κ1) is 20.2. The second-order valence-electron chi connectivity index (χ2n) is 8.06. The van der Waals surface area contributed by atoms with Crippen LogP contribution in [0.4, 0.5) is 17.5 Å². The number of aromatic nitrogens is 2. The minimum atomic E-state index is -0.795. The fourth-order valence-corrected chi connectivity index (χ4v) is 3.75. The summed E-state index contributed by atoms with van der Waals surface area (Å²) in [6, 6.07) is 0.0879. The molecule has 0 amide bonds. The van der Waals surface area contributed by atoms with Gasteiger partial charge in [0, 0.05) is 18.7 Å². The molecule has 1 aromatic heterocycles. The summed E-state index contributed by atoms with van der Waals surface area (Å²) in [6.07, 6.45) is 4.30. The van der Waals surface area contributed by atoms with Crippen molar-refractivity contribution >= 4 is 23.4 Å². The monoisotopic (exact) mass is 393 g/mol. The molecule has 0 unspecified atom stereocenters. The van der Waals surface area contributed by atoms with E-state index in [0.29, 0.717) is 44.8 Å². The van der Waals surface area contributed by atoms with Crippen molar-refractivity contribution in [2.24, 2.45) is 11.3 Å². The number of carbonyl (C=O) groups is 1. The molecule has 3 rings (SSSR count). The summed E-state index contributed by atoms with van der Waals surface area (Å²) in [6.45, 7) is 5.13. The number of rotatable bonds is 6. The zero-order valence-corrected chi connectivity index (χ0v) is 16.2. The Balaban J connectivity index is 1.72. The Morgan fingerprint density at radius 3 is 2.68 bits per heavy atom. The van der Waals surface area contributed by atoms with Crippen LogP contribution >= 0.6 is 0 Å². The van der Waals surface area contributed by atoms with Crippen molar-refractivity contribution in [3.8, 4) is 0 Å². The molecule has 0 radical (unpaired) electrons. The molecule has 1 aromatic rings. The molecule has 28 heavy (non-hydrogen) atoms. The number of aliphatic carboxylic acids is 1. The van der Waals surface area contributed by atoms with E-state index in [4.69, 9.17) is 4.74 Å². The molecule has 3 N–H and O–H groups in total. The normalized spacial score (nSPS) is 30.4. The van der Waals surface area contributed by atoms with Crippen molar-refractivity contribution in [1.29, 1.82) is 0 Å². The van der Waals surface area contributed by atoms with Crippen molar-refractivity contribution in [3.05, 3.63) is 16.3 Å². The average Bonchev–Trinajstić information content (AvgIpc) is 2.65. The lowest BCUT2D eigenvalue weighted by Crippen LogP contribution is -2.37. The van der Waals surface area contributed by atoms with Gasteiger partial charge in [-0.25, -0.2) is 4.98 Å². The van der Waals surface area contributed by atoms with Gasteiger partial charge in [-0.2, -0.15) is 4.98 Å². The van der Waals surface area contributed by atoms with Gasteiger partial charge in [-0.05, 0) is 44.9 Å². The second-order valence-corrected chi connectivity index (χ2v) is 8.06. The Kier molecular flexibility index (Phi) is 5.97. The van der Waals surface area contributed by atoms with Crippen LogP contribution in [0.15, 0.2) is 6.20 Å². The Labute approximate surface area is 163 Å². The summed E-state index contributed by atoms with van der Waals surface area (Å²) in [5, 5.41) is 27.1. The Morgan fingerprint density at radius 2 is 2.07 bits per heavy atom. The minimum absolute atomic E-state index is 0.0594. The topological polar surface area (TPSA) is 140 Å². The highest BCUT2D eigenvalue weighted by Gasteiger charge is 2.38. The van der Waals surface area contributed by atoms with Crippen LogP contribution in [0.5, 0.6) is 0 Å². The Morgan fingerprint density at radius 1 is 1.36 bits per heavy atom. The van der Waals surface area contributed by atoms with Gasteiger partial charge in [0.2, 0.25) is 11.8 Å². The van der Waals surface area contributed by atoms with Gasteiger partial charge < -0.3 is 20.5 Å². The van der Waals surface area contributed by atoms with E-state index < -0.39 is 16.3 Å². The van der Waals surface area contributed by atoms with Gasteiger partial charge in [-0.1, -0.05) is 6.92 Å². The smallest absolute Gasteiger partial charge is 0.329 e. The molecule has 1 aliphatic heterocycles. The van der Waals surface area contributed by atoms with Gasteiger partial charge in [0.05, 0.1) is 16.9 Å². The maximum atomic E-state index is 11.4. The molecule has 1 saturated heterocycles. The molecule has 2 aliphatic rings. The summed E-state index contributed by atoms with van der Waals surface area (Å²) >= 11 is 0. The van der Waals surface area contributed by atoms with Crippen LogP contribution in [0.3, 0.4) is 0 Å². The fraction of sp³-hybridized carbons (Fsp3) is 0.722. The highest BCUT2D eigenvalue weighted by molar-refractivity contribution is 5.74. The van der Waals surface area contributed by atoms with Gasteiger partial charge in [0.1, 0.15) is 6.20 Å². The highest BCUT2D eigenvalue weighted by atomic mass is 16.6. The lowest BCUT2D eigenvalue weighted by molar-refractivity contribution is -0.384. The van der Waals surface area contributed by atoms with E-state index in [0.717, 1.165) is 6.42 Å². The van der Waals surface area contributed by atoms with Gasteiger partial charge in [-0.3, -0.25) is 14.9 Å². The van der Waals surface area contributed by atoms with Gasteiger partial charge in [-0.15, -0.1) is 0 Å². The van der Waals surface area contributed by atoms with Crippen LogP contribution in [0.2, 0.25) is 0 Å². The van der Waals surface area contributed by atoms with Crippen molar-refractivity contribution in [1.82, 2.24) is 9.97 Å². The molecular formula is C18H27N5O5. The number of ether oxygens (including phenoxy) is 1. The maximum absolute atomic E-state index is 11.4. The zero-order valence-electron chi connectivity index (χ0n) is 16.2. The van der Waals surface area contributed by atoms with Gasteiger partial charge in [0.25, 0.3) is 0 Å². The van der Waals surface area contributed by atoms with Crippen LogP contribution in [0.25, 0.3) is 0 Å². The third-order valence-electron chi connectivity index (χ3n) is 5.87. The van der Waals surface area contributed by atoms with Gasteiger partial charge in [0.15, 0.2) is 0 Å². The van der Waals surface area contributed by atoms with E-state index in [1.165, 1.54) is 6.20 Å². The molecule has 10 heteroatoms. The first-order chi connectivity index (χ1) is 13.3. The number of anilines is 2. The molecule has 2 heterocycles. The molecule has 2 atom stereocenters. The van der Waals surface area contributed by atoms with E-state index in [1.54, 1.807) is 6.92 Å². The van der Waals surface area contributed by atoms with Crippen LogP contribution in [-0.4, -0.2) is 51.3 Å². The molecule has 0 bridgehead atoms. The zero-order chi connectivity index (χ0) is 20.3. The van der Waals surface area contributed by atoms with Crippen molar-refractivity contribution < 1.29 is 19.6 Å². The average molecular weight is 393 g/mol. The van der Waals surface area contributed by atoms with Crippen LogP contribution in [0.1, 0.15) is 46.0 Å². The van der Waals surface area contributed by atoms with E-state index in [2.05, 4.69) is 27.5 Å². The summed E-state index contributed by atoms with van der Waals surface area (Å²) in [5.41, 5.74) is -0.918. The molecular weight excluding hydrogens is 366 g/mol. The van der Waals surface area contributed by atoms with E-state index >= 15 is 0 Å². The molecule has 1 aliphatic carbocycles. The maximum Gasteiger partial charge on any atom is 0.329 e. The minimum Gasteiger partial charge on any atom is -0.481 e. The molecule has 2 fully saturated rings. The fourth-order valence-electron chi connectivity index (χ4n) is 3.75. The number of carboxylic acid groups (broad SMARTS) is 1. The van der Waals surface area contributed by atoms with E-state index in [9.17, 15) is 20.0 Å². The number of hydrogen-bond donors (Lipinski definition) is 3. The third-order valence-corrected chi connectivity index (χ3v) is 5.87. The SMILES string of the molecule is C[C@@H]1COCC[C@H]1Nc1ncc([N+](=O)[O-])c(N[C@H]2CC[C@](C)(C(=O)O)CC2)n1. The van der Waals surface area contributed by atoms with E-state index in [1.807, 2.05) is 0 Å². The lowest BCUT2D eigenvalue weighted by Gasteiger charge is -2.34. The standard InChI is InChI=1S/C18H27N5O5/c1-11-10-28-8-5-13(11)21-17-19-9-14(23(26)27)15(22-17)20-12-3-6-18(2,7-4-12)16(24)25/h9,11-13H,3-8,10H2,1-2H3,(H,24,25)(H2,19,20,21,22)/t11-,12-,13-,18-/m1/s1. The molecule has 0 spiro atoms. The quantitative estimate of drug-likeness (QED) is 0.491. The number of nitrogens with one attached hydrogen (secondary N) is 2. The first-order valence-corrected chi connectivity index (χ1v) is 9.64.